The molecule has 0 fully saturated rings. The summed E-state index contributed by atoms with van der Waals surface area (Å²) in [5.74, 6) is -2.98. The molecule has 0 aliphatic rings. The number of hydrogen-bond donors (Lipinski definition) is 3. The van der Waals surface area contributed by atoms with Crippen molar-refractivity contribution in [3.63, 3.8) is 0 Å². The maximum Gasteiger partial charge on any atom is 0.326 e. The second-order valence-corrected chi connectivity index (χ2v) is 4.94. The lowest BCUT2D eigenvalue weighted by atomic mass is 10.1. The molecule has 0 spiro atoms. The molecule has 1 aromatic carbocycles. The van der Waals surface area contributed by atoms with Gasteiger partial charge >= 0.3 is 11.9 Å². The molecule has 0 bridgehead atoms. The molecule has 0 aromatic heterocycles. The Bertz CT molecular complexity index is 564. The van der Waals surface area contributed by atoms with Gasteiger partial charge in [0.1, 0.15) is 6.04 Å². The average Bonchev–Trinajstić information content (AvgIpc) is 2.45. The Morgan fingerprint density at radius 3 is 2.36 bits per heavy atom. The Balaban J connectivity index is 3.08. The van der Waals surface area contributed by atoms with Crippen LogP contribution >= 0.6 is 11.6 Å². The minimum Gasteiger partial charge on any atom is -0.481 e. The number of alkyl halides is 1. The number of para-hydroxylation sites is 1. The van der Waals surface area contributed by atoms with Crippen LogP contribution in [0.2, 0.25) is 0 Å². The quantitative estimate of drug-likeness (QED) is 0.488. The van der Waals surface area contributed by atoms with Gasteiger partial charge in [-0.25, -0.2) is 4.79 Å². The number of halogens is 1. The van der Waals surface area contributed by atoms with E-state index in [0.29, 0.717) is 0 Å². The molecule has 0 aliphatic heterocycles. The first-order valence-electron chi connectivity index (χ1n) is 6.54. The van der Waals surface area contributed by atoms with Crippen LogP contribution in [0.4, 0.5) is 5.69 Å². The van der Waals surface area contributed by atoms with E-state index in [4.69, 9.17) is 22.4 Å². The third-order valence-electron chi connectivity index (χ3n) is 3.07. The summed E-state index contributed by atoms with van der Waals surface area (Å²) < 4.78 is 0. The van der Waals surface area contributed by atoms with E-state index >= 15 is 0 Å². The lowest BCUT2D eigenvalue weighted by Gasteiger charge is -2.28. The van der Waals surface area contributed by atoms with E-state index in [1.54, 1.807) is 12.1 Å². The number of nitrogen functional groups attached to an aromatic ring is 1. The Morgan fingerprint density at radius 2 is 1.86 bits per heavy atom. The Kier molecular flexibility index (Phi) is 6.65. The number of nitrogens with two attached hydrogens (primary N) is 1. The highest BCUT2D eigenvalue weighted by atomic mass is 35.5. The highest BCUT2D eigenvalue weighted by Crippen LogP contribution is 2.18. The molecule has 0 heterocycles. The molecule has 1 aromatic rings. The van der Waals surface area contributed by atoms with Crippen LogP contribution in [0.15, 0.2) is 24.3 Å². The fraction of sp³-hybridized carbons (Fsp3) is 0.357. The van der Waals surface area contributed by atoms with Crippen LogP contribution < -0.4 is 5.73 Å². The predicted octanol–water partition coefficient (Wildman–Crippen LogP) is 1.27. The molecule has 120 valence electrons. The van der Waals surface area contributed by atoms with Crippen LogP contribution in [0.3, 0.4) is 0 Å². The van der Waals surface area contributed by atoms with Crippen molar-refractivity contribution in [2.24, 2.45) is 0 Å². The van der Waals surface area contributed by atoms with Crippen LogP contribution in [0.1, 0.15) is 23.2 Å². The summed E-state index contributed by atoms with van der Waals surface area (Å²) in [6, 6.07) is 4.99. The number of carbonyl (C=O) groups is 3. The lowest BCUT2D eigenvalue weighted by Crippen LogP contribution is -2.46. The van der Waals surface area contributed by atoms with Gasteiger partial charge in [-0.05, 0) is 18.6 Å². The van der Waals surface area contributed by atoms with Gasteiger partial charge in [0, 0.05) is 24.5 Å². The smallest absolute Gasteiger partial charge is 0.326 e. The van der Waals surface area contributed by atoms with E-state index in [1.165, 1.54) is 12.1 Å². The first-order chi connectivity index (χ1) is 10.4. The number of rotatable bonds is 8. The van der Waals surface area contributed by atoms with Crippen molar-refractivity contribution in [1.29, 1.82) is 0 Å². The van der Waals surface area contributed by atoms with Crippen LogP contribution in [0.5, 0.6) is 0 Å². The van der Waals surface area contributed by atoms with Gasteiger partial charge in [-0.2, -0.15) is 0 Å². The summed E-state index contributed by atoms with van der Waals surface area (Å²) in [7, 11) is 0. The molecule has 0 aliphatic carbocycles. The number of carboxylic acids is 2. The Labute approximate surface area is 132 Å². The van der Waals surface area contributed by atoms with Crippen molar-refractivity contribution in [1.82, 2.24) is 4.90 Å². The van der Waals surface area contributed by atoms with Crippen LogP contribution in [-0.2, 0) is 9.59 Å². The number of amides is 1. The fourth-order valence-electron chi connectivity index (χ4n) is 2.01. The van der Waals surface area contributed by atoms with Crippen molar-refractivity contribution in [3.05, 3.63) is 29.8 Å². The average molecular weight is 329 g/mol. The molecule has 1 unspecified atom stereocenters. The lowest BCUT2D eigenvalue weighted by molar-refractivity contribution is -0.143. The fourth-order valence-corrected chi connectivity index (χ4v) is 2.19. The number of nitrogens with zero attached hydrogens (tertiary/aromatic N) is 1. The highest BCUT2D eigenvalue weighted by Gasteiger charge is 2.31. The van der Waals surface area contributed by atoms with Crippen molar-refractivity contribution in [2.45, 2.75) is 18.9 Å². The van der Waals surface area contributed by atoms with Crippen molar-refractivity contribution >= 4 is 35.1 Å². The molecule has 0 radical (unpaired) electrons. The second kappa shape index (κ2) is 8.23. The normalized spacial score (nSPS) is 11.7. The van der Waals surface area contributed by atoms with E-state index in [1.807, 2.05) is 0 Å². The first-order valence-corrected chi connectivity index (χ1v) is 7.08. The maximum absolute atomic E-state index is 12.5. The van der Waals surface area contributed by atoms with E-state index in [9.17, 15) is 19.5 Å². The monoisotopic (exact) mass is 328 g/mol. The molecular formula is C14H17ClN2O5. The van der Waals surface area contributed by atoms with Gasteiger partial charge in [-0.1, -0.05) is 12.1 Å². The summed E-state index contributed by atoms with van der Waals surface area (Å²) in [5.41, 5.74) is 6.11. The standard InChI is InChI=1S/C14H17ClN2O5/c15-7-8-17(11(14(21)22)5-6-12(18)19)13(20)9-3-1-2-4-10(9)16/h1-4,11H,5-8,16H2,(H,18,19)(H,21,22). The zero-order chi connectivity index (χ0) is 16.7. The summed E-state index contributed by atoms with van der Waals surface area (Å²) in [6.07, 6.45) is -0.576. The summed E-state index contributed by atoms with van der Waals surface area (Å²) in [4.78, 5) is 35.6. The van der Waals surface area contributed by atoms with E-state index < -0.39 is 23.9 Å². The molecule has 0 saturated carbocycles. The topological polar surface area (TPSA) is 121 Å². The molecule has 1 amide bonds. The Hall–Kier alpha value is -2.28. The maximum atomic E-state index is 12.5. The third-order valence-corrected chi connectivity index (χ3v) is 3.24. The summed E-state index contributed by atoms with van der Waals surface area (Å²) in [5, 5.41) is 18.0. The first kappa shape index (κ1) is 17.8. The third kappa shape index (κ3) is 4.63. The van der Waals surface area contributed by atoms with E-state index in [0.717, 1.165) is 4.90 Å². The van der Waals surface area contributed by atoms with Gasteiger partial charge in [0.05, 0.1) is 5.56 Å². The molecule has 1 rings (SSSR count). The SMILES string of the molecule is Nc1ccccc1C(=O)N(CCCl)C(CCC(=O)O)C(=O)O. The molecule has 0 saturated heterocycles. The molecule has 8 heteroatoms. The van der Waals surface area contributed by atoms with Crippen molar-refractivity contribution in [3.8, 4) is 0 Å². The summed E-state index contributed by atoms with van der Waals surface area (Å²) >= 11 is 5.64. The minimum atomic E-state index is -1.28. The van der Waals surface area contributed by atoms with Gasteiger partial charge in [0.2, 0.25) is 0 Å². The van der Waals surface area contributed by atoms with Crippen LogP contribution in [-0.4, -0.2) is 51.4 Å². The molecule has 4 N–H and O–H groups in total. The van der Waals surface area contributed by atoms with Gasteiger partial charge in [0.25, 0.3) is 5.91 Å². The van der Waals surface area contributed by atoms with Crippen molar-refractivity contribution < 1.29 is 24.6 Å². The second-order valence-electron chi connectivity index (χ2n) is 4.56. The number of aliphatic carboxylic acids is 2. The zero-order valence-corrected chi connectivity index (χ0v) is 12.5. The number of anilines is 1. The minimum absolute atomic E-state index is 0.0225. The van der Waals surface area contributed by atoms with E-state index in [-0.39, 0.29) is 36.5 Å². The van der Waals surface area contributed by atoms with Crippen molar-refractivity contribution in [2.75, 3.05) is 18.2 Å². The number of hydrogen-bond acceptors (Lipinski definition) is 4. The summed E-state index contributed by atoms with van der Waals surface area (Å²) in [6.45, 7) is -0.0225. The van der Waals surface area contributed by atoms with Gasteiger partial charge < -0.3 is 20.8 Å². The number of carbonyl (C=O) groups excluding carboxylic acids is 1. The molecule has 1 atom stereocenters. The van der Waals surface area contributed by atoms with Gasteiger partial charge in [-0.3, -0.25) is 9.59 Å². The van der Waals surface area contributed by atoms with Gasteiger partial charge in [0.15, 0.2) is 0 Å². The predicted molar refractivity (Wildman–Crippen MR) is 80.9 cm³/mol. The van der Waals surface area contributed by atoms with E-state index in [2.05, 4.69) is 0 Å². The van der Waals surface area contributed by atoms with Gasteiger partial charge in [-0.15, -0.1) is 11.6 Å². The molecule has 22 heavy (non-hydrogen) atoms. The van der Waals surface area contributed by atoms with Crippen LogP contribution in [0.25, 0.3) is 0 Å². The largest absolute Gasteiger partial charge is 0.481 e. The highest BCUT2D eigenvalue weighted by molar-refractivity contribution is 6.18. The number of benzene rings is 1. The Morgan fingerprint density at radius 1 is 1.23 bits per heavy atom. The number of carboxylic acid groups (broad SMARTS) is 2. The zero-order valence-electron chi connectivity index (χ0n) is 11.7. The molecular weight excluding hydrogens is 312 g/mol. The molecule has 7 nitrogen and oxygen atoms in total. The van der Waals surface area contributed by atoms with Crippen LogP contribution in [0, 0.1) is 0 Å².